The summed E-state index contributed by atoms with van der Waals surface area (Å²) in [7, 11) is 1.82. The highest BCUT2D eigenvalue weighted by atomic mass is 16.6. The lowest BCUT2D eigenvalue weighted by molar-refractivity contribution is 0.0937. The zero-order chi connectivity index (χ0) is 22.8. The maximum Gasteiger partial charge on any atom is 0.415 e. The maximum atomic E-state index is 12.9. The van der Waals surface area contributed by atoms with Gasteiger partial charge in [0.25, 0.3) is 5.91 Å². The molecule has 2 aromatic heterocycles. The van der Waals surface area contributed by atoms with Crippen LogP contribution >= 0.6 is 0 Å². The lowest BCUT2D eigenvalue weighted by atomic mass is 10.1. The Morgan fingerprint density at radius 1 is 1.12 bits per heavy atom. The highest BCUT2D eigenvalue weighted by molar-refractivity contribution is 5.99. The van der Waals surface area contributed by atoms with Crippen LogP contribution in [0.15, 0.2) is 42.9 Å². The van der Waals surface area contributed by atoms with E-state index in [9.17, 15) is 9.59 Å². The molecule has 32 heavy (non-hydrogen) atoms. The Bertz CT molecular complexity index is 1150. The average molecular weight is 435 g/mol. The molecule has 4 rings (SSSR count). The van der Waals surface area contributed by atoms with Crippen molar-refractivity contribution in [2.75, 3.05) is 18.8 Å². The van der Waals surface area contributed by atoms with Gasteiger partial charge in [-0.05, 0) is 49.6 Å². The molecular weight excluding hydrogens is 408 g/mol. The molecule has 3 N–H and O–H groups in total. The number of aromatic nitrogens is 3. The van der Waals surface area contributed by atoms with E-state index < -0.39 is 6.09 Å². The number of hydrogen-bond donors (Lipinski definition) is 2. The van der Waals surface area contributed by atoms with E-state index in [1.54, 1.807) is 28.0 Å². The van der Waals surface area contributed by atoms with Crippen molar-refractivity contribution in [1.29, 1.82) is 0 Å². The molecule has 1 aliphatic rings. The van der Waals surface area contributed by atoms with E-state index in [4.69, 9.17) is 10.5 Å². The van der Waals surface area contributed by atoms with Crippen molar-refractivity contribution in [2.24, 2.45) is 7.05 Å². The van der Waals surface area contributed by atoms with Gasteiger partial charge in [-0.2, -0.15) is 5.10 Å². The van der Waals surface area contributed by atoms with Crippen LogP contribution < -0.4 is 15.8 Å². The molecule has 0 unspecified atom stereocenters. The number of hydrogen-bond acceptors (Lipinski definition) is 6. The number of carbonyl (C=O) groups is 2. The van der Waals surface area contributed by atoms with Crippen molar-refractivity contribution in [3.05, 3.63) is 59.5 Å². The Labute approximate surface area is 186 Å². The van der Waals surface area contributed by atoms with E-state index >= 15 is 0 Å². The van der Waals surface area contributed by atoms with Crippen LogP contribution in [0.4, 0.5) is 10.6 Å². The standard InChI is InChI=1S/C23H26N6O3/c1-14-6-15(2)8-19(7-14)32-23(31)29-5-4-18(13-29)27-22(30)20-9-16(10-25-21(20)24)17-11-26-28(3)12-17/h6-12,18H,4-5,13H2,1-3H3,(H2,24,25)(H,27,30)/t18-/m1/s1. The number of pyridine rings is 1. The fraction of sp³-hybridized carbons (Fsp3) is 0.304. The number of likely N-dealkylation sites (tertiary alicyclic amines) is 1. The van der Waals surface area contributed by atoms with Gasteiger partial charge in [0.05, 0.1) is 11.8 Å². The molecular formula is C23H26N6O3. The molecule has 1 aromatic carbocycles. The van der Waals surface area contributed by atoms with Gasteiger partial charge in [0.15, 0.2) is 0 Å². The molecule has 9 nitrogen and oxygen atoms in total. The quantitative estimate of drug-likeness (QED) is 0.652. The second-order valence-electron chi connectivity index (χ2n) is 8.16. The third-order valence-corrected chi connectivity index (χ3v) is 5.38. The zero-order valence-electron chi connectivity index (χ0n) is 18.3. The molecule has 3 aromatic rings. The number of anilines is 1. The summed E-state index contributed by atoms with van der Waals surface area (Å²) in [5, 5.41) is 7.10. The van der Waals surface area contributed by atoms with Crippen molar-refractivity contribution in [2.45, 2.75) is 26.3 Å². The van der Waals surface area contributed by atoms with Gasteiger partial charge in [-0.1, -0.05) is 6.07 Å². The SMILES string of the molecule is Cc1cc(C)cc(OC(=O)N2CC[C@@H](NC(=O)c3cc(-c4cnn(C)c4)cnc3N)C2)c1. The molecule has 0 aliphatic carbocycles. The molecule has 3 heterocycles. The van der Waals surface area contributed by atoms with Crippen LogP contribution in [-0.2, 0) is 7.05 Å². The first-order chi connectivity index (χ1) is 15.3. The number of rotatable bonds is 4. The smallest absolute Gasteiger partial charge is 0.410 e. The minimum Gasteiger partial charge on any atom is -0.410 e. The van der Waals surface area contributed by atoms with Gasteiger partial charge in [-0.25, -0.2) is 9.78 Å². The Balaban J connectivity index is 1.39. The van der Waals surface area contributed by atoms with Crippen molar-refractivity contribution in [3.8, 4) is 16.9 Å². The molecule has 0 radical (unpaired) electrons. The number of nitrogens with two attached hydrogens (primary N) is 1. The molecule has 1 fully saturated rings. The minimum atomic E-state index is -0.425. The zero-order valence-corrected chi connectivity index (χ0v) is 18.3. The fourth-order valence-electron chi connectivity index (χ4n) is 3.85. The van der Waals surface area contributed by atoms with Gasteiger partial charge in [0, 0.05) is 49.7 Å². The van der Waals surface area contributed by atoms with Crippen molar-refractivity contribution < 1.29 is 14.3 Å². The van der Waals surface area contributed by atoms with E-state index in [-0.39, 0.29) is 17.8 Å². The molecule has 0 spiro atoms. The first kappa shape index (κ1) is 21.4. The van der Waals surface area contributed by atoms with Crippen LogP contribution in [0, 0.1) is 13.8 Å². The van der Waals surface area contributed by atoms with Crippen LogP contribution in [0.5, 0.6) is 5.75 Å². The second-order valence-corrected chi connectivity index (χ2v) is 8.16. The molecule has 166 valence electrons. The van der Waals surface area contributed by atoms with Crippen molar-refractivity contribution >= 4 is 17.8 Å². The number of nitrogens with one attached hydrogen (secondary N) is 1. The lowest BCUT2D eigenvalue weighted by Gasteiger charge is -2.17. The van der Waals surface area contributed by atoms with Gasteiger partial charge in [-0.3, -0.25) is 9.48 Å². The van der Waals surface area contributed by atoms with Crippen molar-refractivity contribution in [3.63, 3.8) is 0 Å². The van der Waals surface area contributed by atoms with Crippen LogP contribution in [-0.4, -0.2) is 50.8 Å². The third kappa shape index (κ3) is 4.72. The van der Waals surface area contributed by atoms with Gasteiger partial charge < -0.3 is 20.7 Å². The second kappa shape index (κ2) is 8.70. The number of nitrogens with zero attached hydrogens (tertiary/aromatic N) is 4. The third-order valence-electron chi connectivity index (χ3n) is 5.38. The van der Waals surface area contributed by atoms with Gasteiger partial charge >= 0.3 is 6.09 Å². The van der Waals surface area contributed by atoms with Gasteiger partial charge in [0.2, 0.25) is 0 Å². The summed E-state index contributed by atoms with van der Waals surface area (Å²) >= 11 is 0. The molecule has 9 heteroatoms. The number of aryl methyl sites for hydroxylation is 3. The van der Waals surface area contributed by atoms with E-state index in [1.807, 2.05) is 45.3 Å². The van der Waals surface area contributed by atoms with Crippen molar-refractivity contribution in [1.82, 2.24) is 25.0 Å². The summed E-state index contributed by atoms with van der Waals surface area (Å²) < 4.78 is 7.20. The molecule has 0 bridgehead atoms. The average Bonchev–Trinajstić information content (AvgIpc) is 3.36. The summed E-state index contributed by atoms with van der Waals surface area (Å²) in [5.74, 6) is 0.348. The van der Waals surface area contributed by atoms with Gasteiger partial charge in [-0.15, -0.1) is 0 Å². The molecule has 0 saturated carbocycles. The molecule has 1 atom stereocenters. The van der Waals surface area contributed by atoms with Crippen LogP contribution in [0.3, 0.4) is 0 Å². The first-order valence-electron chi connectivity index (χ1n) is 10.4. The Morgan fingerprint density at radius 3 is 2.56 bits per heavy atom. The molecule has 1 saturated heterocycles. The van der Waals surface area contributed by atoms with Gasteiger partial charge in [0.1, 0.15) is 11.6 Å². The monoisotopic (exact) mass is 434 g/mol. The van der Waals surface area contributed by atoms with Crippen LogP contribution in [0.25, 0.3) is 11.1 Å². The Morgan fingerprint density at radius 2 is 1.88 bits per heavy atom. The Hall–Kier alpha value is -3.88. The topological polar surface area (TPSA) is 115 Å². The van der Waals surface area contributed by atoms with Crippen LogP contribution in [0.1, 0.15) is 27.9 Å². The number of benzene rings is 1. The van der Waals surface area contributed by atoms with Crippen LogP contribution in [0.2, 0.25) is 0 Å². The minimum absolute atomic E-state index is 0.152. The number of ether oxygens (including phenoxy) is 1. The van der Waals surface area contributed by atoms with E-state index in [1.165, 1.54) is 0 Å². The summed E-state index contributed by atoms with van der Waals surface area (Å²) in [5.41, 5.74) is 9.90. The predicted octanol–water partition coefficient (Wildman–Crippen LogP) is 2.68. The normalized spacial score (nSPS) is 15.6. The molecule has 1 aliphatic heterocycles. The Kier molecular flexibility index (Phi) is 5.81. The number of carbonyl (C=O) groups excluding carboxylic acids is 2. The van der Waals surface area contributed by atoms with E-state index in [0.717, 1.165) is 22.3 Å². The molecule has 2 amide bonds. The summed E-state index contributed by atoms with van der Waals surface area (Å²) in [4.78, 5) is 31.2. The summed E-state index contributed by atoms with van der Waals surface area (Å²) in [6.45, 7) is 4.77. The van der Waals surface area contributed by atoms with E-state index in [2.05, 4.69) is 15.4 Å². The number of nitrogen functional groups attached to an aromatic ring is 1. The maximum absolute atomic E-state index is 12.9. The lowest BCUT2D eigenvalue weighted by Crippen LogP contribution is -2.39. The predicted molar refractivity (Wildman–Crippen MR) is 120 cm³/mol. The summed E-state index contributed by atoms with van der Waals surface area (Å²) in [6.07, 6.45) is 5.36. The number of amides is 2. The highest BCUT2D eigenvalue weighted by Crippen LogP contribution is 2.22. The first-order valence-corrected chi connectivity index (χ1v) is 10.4. The van der Waals surface area contributed by atoms with E-state index in [0.29, 0.717) is 30.8 Å². The summed E-state index contributed by atoms with van der Waals surface area (Å²) in [6, 6.07) is 7.17. The fourth-order valence-corrected chi connectivity index (χ4v) is 3.85. The highest BCUT2D eigenvalue weighted by Gasteiger charge is 2.29. The largest absolute Gasteiger partial charge is 0.415 e.